The number of carbonyl (C=O) groups is 1. The summed E-state index contributed by atoms with van der Waals surface area (Å²) in [7, 11) is 0. The fourth-order valence-corrected chi connectivity index (χ4v) is 1.80. The third-order valence-corrected chi connectivity index (χ3v) is 2.52. The van der Waals surface area contributed by atoms with Gasteiger partial charge in [0.1, 0.15) is 22.9 Å². The van der Waals surface area contributed by atoms with Gasteiger partial charge in [-0.2, -0.15) is 0 Å². The van der Waals surface area contributed by atoms with Crippen molar-refractivity contribution in [3.05, 3.63) is 28.2 Å². The van der Waals surface area contributed by atoms with Crippen LogP contribution in [-0.2, 0) is 9.53 Å². The molecule has 0 atom stereocenters. The summed E-state index contributed by atoms with van der Waals surface area (Å²) >= 11 is 2.99. The van der Waals surface area contributed by atoms with Gasteiger partial charge in [-0.25, -0.2) is 8.78 Å². The predicted molar refractivity (Wildman–Crippen MR) is 73.0 cm³/mol. The van der Waals surface area contributed by atoms with Gasteiger partial charge in [0.25, 0.3) is 0 Å². The molecule has 1 rings (SSSR count). The molecule has 0 amide bonds. The van der Waals surface area contributed by atoms with E-state index in [2.05, 4.69) is 21.2 Å². The molecule has 0 saturated carbocycles. The standard InChI is InChI=1S/C13H16BrF2NO2/c1-13(2,3)19-11(18)4-5-17-12-9(15)6-8(14)7-10(12)16/h6-7,17H,4-5H2,1-3H3. The molecule has 0 fully saturated rings. The van der Waals surface area contributed by atoms with Crippen molar-refractivity contribution in [2.24, 2.45) is 0 Å². The molecule has 0 bridgehead atoms. The molecule has 106 valence electrons. The van der Waals surface area contributed by atoms with Crippen LogP contribution in [0, 0.1) is 11.6 Å². The molecule has 19 heavy (non-hydrogen) atoms. The lowest BCUT2D eigenvalue weighted by Gasteiger charge is -2.19. The molecule has 0 aliphatic rings. The molecule has 1 aromatic carbocycles. The minimum Gasteiger partial charge on any atom is -0.460 e. The number of carbonyl (C=O) groups excluding carboxylic acids is 1. The van der Waals surface area contributed by atoms with Crippen LogP contribution in [0.1, 0.15) is 27.2 Å². The maximum Gasteiger partial charge on any atom is 0.308 e. The van der Waals surface area contributed by atoms with E-state index in [0.29, 0.717) is 4.47 Å². The van der Waals surface area contributed by atoms with Crippen molar-refractivity contribution in [2.75, 3.05) is 11.9 Å². The zero-order chi connectivity index (χ0) is 14.6. The minimum atomic E-state index is -0.712. The van der Waals surface area contributed by atoms with Crippen LogP contribution in [-0.4, -0.2) is 18.1 Å². The first-order valence-electron chi connectivity index (χ1n) is 5.79. The number of benzene rings is 1. The van der Waals surface area contributed by atoms with Crippen molar-refractivity contribution in [1.29, 1.82) is 0 Å². The van der Waals surface area contributed by atoms with Crippen LogP contribution < -0.4 is 5.32 Å². The Morgan fingerprint density at radius 2 is 1.84 bits per heavy atom. The van der Waals surface area contributed by atoms with Crippen molar-refractivity contribution in [2.45, 2.75) is 32.8 Å². The highest BCUT2D eigenvalue weighted by molar-refractivity contribution is 9.10. The van der Waals surface area contributed by atoms with E-state index in [1.165, 1.54) is 0 Å². The first-order chi connectivity index (χ1) is 8.69. The molecule has 0 radical (unpaired) electrons. The lowest BCUT2D eigenvalue weighted by atomic mass is 10.2. The van der Waals surface area contributed by atoms with Crippen LogP contribution in [0.25, 0.3) is 0 Å². The summed E-state index contributed by atoms with van der Waals surface area (Å²) in [6.45, 7) is 5.37. The van der Waals surface area contributed by atoms with E-state index < -0.39 is 23.2 Å². The van der Waals surface area contributed by atoms with E-state index in [1.807, 2.05) is 0 Å². The summed E-state index contributed by atoms with van der Waals surface area (Å²) in [5.74, 6) is -1.84. The molecule has 0 saturated heterocycles. The highest BCUT2D eigenvalue weighted by Gasteiger charge is 2.16. The van der Waals surface area contributed by atoms with Crippen LogP contribution in [0.3, 0.4) is 0 Å². The second kappa shape index (κ2) is 6.32. The molecule has 1 aromatic rings. The van der Waals surface area contributed by atoms with Crippen LogP contribution >= 0.6 is 15.9 Å². The van der Waals surface area contributed by atoms with Crippen LogP contribution in [0.4, 0.5) is 14.5 Å². The fourth-order valence-electron chi connectivity index (χ4n) is 1.39. The number of nitrogens with one attached hydrogen (secondary N) is 1. The maximum absolute atomic E-state index is 13.5. The molecular formula is C13H16BrF2NO2. The van der Waals surface area contributed by atoms with Gasteiger partial charge < -0.3 is 10.1 Å². The number of esters is 1. The van der Waals surface area contributed by atoms with Crippen molar-refractivity contribution < 1.29 is 18.3 Å². The Morgan fingerprint density at radius 3 is 2.32 bits per heavy atom. The topological polar surface area (TPSA) is 38.3 Å². The Balaban J connectivity index is 2.52. The number of rotatable bonds is 4. The Kier molecular flexibility index (Phi) is 5.29. The predicted octanol–water partition coefficient (Wildman–Crippen LogP) is 3.87. The molecule has 0 spiro atoms. The maximum atomic E-state index is 13.5. The van der Waals surface area contributed by atoms with E-state index in [4.69, 9.17) is 4.74 Å². The zero-order valence-corrected chi connectivity index (χ0v) is 12.6. The van der Waals surface area contributed by atoms with Crippen LogP contribution in [0.2, 0.25) is 0 Å². The highest BCUT2D eigenvalue weighted by Crippen LogP contribution is 2.23. The molecule has 0 aliphatic carbocycles. The molecule has 0 aromatic heterocycles. The van der Waals surface area contributed by atoms with E-state index in [9.17, 15) is 13.6 Å². The van der Waals surface area contributed by atoms with Gasteiger partial charge in [-0.05, 0) is 32.9 Å². The Hall–Kier alpha value is -1.17. The van der Waals surface area contributed by atoms with Gasteiger partial charge in [0.15, 0.2) is 0 Å². The molecule has 0 unspecified atom stereocenters. The fraction of sp³-hybridized carbons (Fsp3) is 0.462. The molecule has 3 nitrogen and oxygen atoms in total. The quantitative estimate of drug-likeness (QED) is 0.849. The summed E-state index contributed by atoms with van der Waals surface area (Å²) in [6, 6.07) is 2.30. The van der Waals surface area contributed by atoms with E-state index in [0.717, 1.165) is 12.1 Å². The van der Waals surface area contributed by atoms with Gasteiger partial charge in [-0.15, -0.1) is 0 Å². The van der Waals surface area contributed by atoms with E-state index in [-0.39, 0.29) is 18.7 Å². The first kappa shape index (κ1) is 15.9. The lowest BCUT2D eigenvalue weighted by Crippen LogP contribution is -2.25. The summed E-state index contributed by atoms with van der Waals surface area (Å²) < 4.78 is 32.3. The zero-order valence-electron chi connectivity index (χ0n) is 11.0. The second-order valence-corrected chi connectivity index (χ2v) is 5.92. The van der Waals surface area contributed by atoms with Gasteiger partial charge in [-0.3, -0.25) is 4.79 Å². The Labute approximate surface area is 119 Å². The SMILES string of the molecule is CC(C)(C)OC(=O)CCNc1c(F)cc(Br)cc1F. The molecule has 6 heteroatoms. The first-order valence-corrected chi connectivity index (χ1v) is 6.58. The van der Waals surface area contributed by atoms with Crippen molar-refractivity contribution in [3.8, 4) is 0 Å². The lowest BCUT2D eigenvalue weighted by molar-refractivity contribution is -0.154. The number of halogens is 3. The second-order valence-electron chi connectivity index (χ2n) is 5.01. The number of hydrogen-bond acceptors (Lipinski definition) is 3. The Bertz CT molecular complexity index is 449. The normalized spacial score (nSPS) is 11.3. The van der Waals surface area contributed by atoms with Crippen LogP contribution in [0.15, 0.2) is 16.6 Å². The molecule has 0 aliphatic heterocycles. The van der Waals surface area contributed by atoms with Crippen LogP contribution in [0.5, 0.6) is 0 Å². The van der Waals surface area contributed by atoms with E-state index in [1.54, 1.807) is 20.8 Å². The van der Waals surface area contributed by atoms with Gasteiger partial charge in [-0.1, -0.05) is 15.9 Å². The Morgan fingerprint density at radius 1 is 1.32 bits per heavy atom. The van der Waals surface area contributed by atoms with Gasteiger partial charge >= 0.3 is 5.97 Å². The third-order valence-electron chi connectivity index (χ3n) is 2.06. The third kappa shape index (κ3) is 5.55. The van der Waals surface area contributed by atoms with Crippen molar-refractivity contribution in [1.82, 2.24) is 0 Å². The van der Waals surface area contributed by atoms with Gasteiger partial charge in [0.2, 0.25) is 0 Å². The average molecular weight is 336 g/mol. The van der Waals surface area contributed by atoms with Gasteiger partial charge in [0.05, 0.1) is 6.42 Å². The smallest absolute Gasteiger partial charge is 0.308 e. The monoisotopic (exact) mass is 335 g/mol. The van der Waals surface area contributed by atoms with Gasteiger partial charge in [0, 0.05) is 11.0 Å². The highest BCUT2D eigenvalue weighted by atomic mass is 79.9. The number of hydrogen-bond donors (Lipinski definition) is 1. The number of anilines is 1. The summed E-state index contributed by atoms with van der Waals surface area (Å²) in [4.78, 5) is 11.4. The largest absolute Gasteiger partial charge is 0.460 e. The molecule has 1 N–H and O–H groups in total. The van der Waals surface area contributed by atoms with E-state index >= 15 is 0 Å². The van der Waals surface area contributed by atoms with Crippen molar-refractivity contribution in [3.63, 3.8) is 0 Å². The summed E-state index contributed by atoms with van der Waals surface area (Å²) in [5, 5.41) is 2.55. The summed E-state index contributed by atoms with van der Waals surface area (Å²) in [5.41, 5.74) is -0.808. The molecule has 0 heterocycles. The van der Waals surface area contributed by atoms with Crippen molar-refractivity contribution >= 4 is 27.6 Å². The average Bonchev–Trinajstić information content (AvgIpc) is 2.19. The number of ether oxygens (including phenoxy) is 1. The molecular weight excluding hydrogens is 320 g/mol. The minimum absolute atomic E-state index is 0.0339. The summed E-state index contributed by atoms with van der Waals surface area (Å²) in [6.07, 6.45) is 0.0339.